The molecule has 1 aliphatic rings. The van der Waals surface area contributed by atoms with Gasteiger partial charge in [-0.3, -0.25) is 9.59 Å². The lowest BCUT2D eigenvalue weighted by Crippen LogP contribution is -2.49. The maximum Gasteiger partial charge on any atom is 0.321 e. The first-order chi connectivity index (χ1) is 4.99. The molecule has 4 heteroatoms. The fraction of sp³-hybridized carbons (Fsp3) is 0.714. The largest absolute Gasteiger partial charge is 0.480 e. The lowest BCUT2D eigenvalue weighted by molar-refractivity contribution is -0.175. The third-order valence-electron chi connectivity index (χ3n) is 2.21. The summed E-state index contributed by atoms with van der Waals surface area (Å²) in [6, 6.07) is 0. The van der Waals surface area contributed by atoms with Crippen molar-refractivity contribution in [1.82, 2.24) is 0 Å². The Morgan fingerprint density at radius 2 is 1.64 bits per heavy atom. The van der Waals surface area contributed by atoms with Crippen LogP contribution < -0.4 is 0 Å². The molecule has 0 saturated heterocycles. The predicted octanol–water partition coefficient (Wildman–Crippen LogP) is 0.572. The van der Waals surface area contributed by atoms with Gasteiger partial charge in [-0.1, -0.05) is 6.92 Å². The van der Waals surface area contributed by atoms with Gasteiger partial charge in [0.1, 0.15) is 0 Å². The molecule has 0 aromatic rings. The van der Waals surface area contributed by atoms with Crippen LogP contribution in [0.4, 0.5) is 0 Å². The topological polar surface area (TPSA) is 74.6 Å². The molecule has 0 heterocycles. The van der Waals surface area contributed by atoms with Crippen molar-refractivity contribution in [3.8, 4) is 0 Å². The molecule has 0 atom stereocenters. The van der Waals surface area contributed by atoms with Crippen LogP contribution in [0.15, 0.2) is 0 Å². The van der Waals surface area contributed by atoms with Gasteiger partial charge >= 0.3 is 11.9 Å². The standard InChI is InChI=1S/C7H10O4/c1-4-2-7(3-4,5(8)9)6(10)11/h4H,2-3H2,1H3,(H,8,9)(H,10,11). The second kappa shape index (κ2) is 2.22. The molecule has 62 valence electrons. The first kappa shape index (κ1) is 8.04. The lowest BCUT2D eigenvalue weighted by Gasteiger charge is -2.38. The molecular formula is C7H10O4. The van der Waals surface area contributed by atoms with Crippen LogP contribution in [0.5, 0.6) is 0 Å². The minimum absolute atomic E-state index is 0.224. The maximum atomic E-state index is 10.5. The zero-order valence-electron chi connectivity index (χ0n) is 6.20. The van der Waals surface area contributed by atoms with Crippen LogP contribution in [0.25, 0.3) is 0 Å². The highest BCUT2D eigenvalue weighted by Gasteiger charge is 2.55. The summed E-state index contributed by atoms with van der Waals surface area (Å²) in [5.74, 6) is -2.19. The summed E-state index contributed by atoms with van der Waals surface area (Å²) >= 11 is 0. The summed E-state index contributed by atoms with van der Waals surface area (Å²) in [7, 11) is 0. The number of carboxylic acid groups (broad SMARTS) is 2. The van der Waals surface area contributed by atoms with Crippen molar-refractivity contribution < 1.29 is 19.8 Å². The summed E-state index contributed by atoms with van der Waals surface area (Å²) in [6.45, 7) is 1.85. The van der Waals surface area contributed by atoms with E-state index in [1.165, 1.54) is 0 Å². The zero-order valence-corrected chi connectivity index (χ0v) is 6.20. The van der Waals surface area contributed by atoms with Crippen LogP contribution >= 0.6 is 0 Å². The van der Waals surface area contributed by atoms with Crippen molar-refractivity contribution >= 4 is 11.9 Å². The number of carbonyl (C=O) groups is 2. The summed E-state index contributed by atoms with van der Waals surface area (Å²) in [6.07, 6.45) is 0.523. The van der Waals surface area contributed by atoms with Gasteiger partial charge in [-0.05, 0) is 18.8 Å². The number of hydrogen-bond acceptors (Lipinski definition) is 2. The molecular weight excluding hydrogens is 148 g/mol. The number of carboxylic acids is 2. The third kappa shape index (κ3) is 0.982. The molecule has 11 heavy (non-hydrogen) atoms. The molecule has 0 aromatic heterocycles. The molecule has 1 rings (SSSR count). The van der Waals surface area contributed by atoms with E-state index in [4.69, 9.17) is 10.2 Å². The first-order valence-electron chi connectivity index (χ1n) is 3.46. The molecule has 0 unspecified atom stereocenters. The molecule has 0 aromatic carbocycles. The smallest absolute Gasteiger partial charge is 0.321 e. The molecule has 0 radical (unpaired) electrons. The van der Waals surface area contributed by atoms with E-state index in [-0.39, 0.29) is 18.8 Å². The fourth-order valence-electron chi connectivity index (χ4n) is 1.57. The maximum absolute atomic E-state index is 10.5. The minimum atomic E-state index is -1.47. The SMILES string of the molecule is CC1CC(C(=O)O)(C(=O)O)C1. The molecule has 4 nitrogen and oxygen atoms in total. The van der Waals surface area contributed by atoms with Crippen molar-refractivity contribution in [3.05, 3.63) is 0 Å². The Morgan fingerprint density at radius 3 is 1.73 bits per heavy atom. The van der Waals surface area contributed by atoms with Gasteiger partial charge in [0.25, 0.3) is 0 Å². The second-order valence-electron chi connectivity index (χ2n) is 3.21. The molecule has 0 aliphatic heterocycles. The van der Waals surface area contributed by atoms with Crippen LogP contribution in [0.1, 0.15) is 19.8 Å². The normalized spacial score (nSPS) is 22.3. The van der Waals surface area contributed by atoms with Crippen molar-refractivity contribution in [3.63, 3.8) is 0 Å². The van der Waals surface area contributed by atoms with E-state index in [1.807, 2.05) is 6.92 Å². The van der Waals surface area contributed by atoms with Crippen LogP contribution in [0, 0.1) is 11.3 Å². The Labute approximate surface area is 63.8 Å². The van der Waals surface area contributed by atoms with E-state index in [0.717, 1.165) is 0 Å². The number of rotatable bonds is 2. The summed E-state index contributed by atoms with van der Waals surface area (Å²) in [5, 5.41) is 17.2. The Bertz CT molecular complexity index is 186. The van der Waals surface area contributed by atoms with Gasteiger partial charge in [0.2, 0.25) is 0 Å². The molecule has 2 N–H and O–H groups in total. The van der Waals surface area contributed by atoms with Crippen LogP contribution in [0.3, 0.4) is 0 Å². The Hall–Kier alpha value is -1.06. The van der Waals surface area contributed by atoms with E-state index in [1.54, 1.807) is 0 Å². The molecule has 0 amide bonds. The molecule has 1 saturated carbocycles. The summed E-state index contributed by atoms with van der Waals surface area (Å²) < 4.78 is 0. The van der Waals surface area contributed by atoms with Crippen LogP contribution in [-0.4, -0.2) is 22.2 Å². The average molecular weight is 158 g/mol. The highest BCUT2D eigenvalue weighted by atomic mass is 16.4. The second-order valence-corrected chi connectivity index (χ2v) is 3.21. The van der Waals surface area contributed by atoms with Crippen molar-refractivity contribution in [1.29, 1.82) is 0 Å². The third-order valence-corrected chi connectivity index (χ3v) is 2.21. The monoisotopic (exact) mass is 158 g/mol. The van der Waals surface area contributed by atoms with E-state index in [2.05, 4.69) is 0 Å². The van der Waals surface area contributed by atoms with Crippen molar-refractivity contribution in [2.75, 3.05) is 0 Å². The van der Waals surface area contributed by atoms with Gasteiger partial charge in [0.15, 0.2) is 5.41 Å². The Balaban J connectivity index is 2.77. The zero-order chi connectivity index (χ0) is 8.65. The van der Waals surface area contributed by atoms with Gasteiger partial charge in [-0.15, -0.1) is 0 Å². The van der Waals surface area contributed by atoms with Crippen LogP contribution in [0.2, 0.25) is 0 Å². The number of aliphatic carboxylic acids is 2. The van der Waals surface area contributed by atoms with Gasteiger partial charge in [-0.2, -0.15) is 0 Å². The number of hydrogen-bond donors (Lipinski definition) is 2. The highest BCUT2D eigenvalue weighted by molar-refractivity contribution is 5.99. The fourth-order valence-corrected chi connectivity index (χ4v) is 1.57. The highest BCUT2D eigenvalue weighted by Crippen LogP contribution is 2.45. The van der Waals surface area contributed by atoms with Crippen molar-refractivity contribution in [2.45, 2.75) is 19.8 Å². The van der Waals surface area contributed by atoms with Crippen molar-refractivity contribution in [2.24, 2.45) is 11.3 Å². The van der Waals surface area contributed by atoms with Gasteiger partial charge < -0.3 is 10.2 Å². The van der Waals surface area contributed by atoms with E-state index in [0.29, 0.717) is 0 Å². The quantitative estimate of drug-likeness (QED) is 0.576. The Morgan fingerprint density at radius 1 is 1.27 bits per heavy atom. The van der Waals surface area contributed by atoms with E-state index < -0.39 is 17.4 Å². The van der Waals surface area contributed by atoms with Crippen LogP contribution in [-0.2, 0) is 9.59 Å². The summed E-state index contributed by atoms with van der Waals surface area (Å²) in [5.41, 5.74) is -1.47. The first-order valence-corrected chi connectivity index (χ1v) is 3.46. The molecule has 0 spiro atoms. The van der Waals surface area contributed by atoms with E-state index >= 15 is 0 Å². The molecule has 0 bridgehead atoms. The minimum Gasteiger partial charge on any atom is -0.480 e. The van der Waals surface area contributed by atoms with Gasteiger partial charge in [0, 0.05) is 0 Å². The Kier molecular flexibility index (Phi) is 1.62. The summed E-state index contributed by atoms with van der Waals surface area (Å²) in [4.78, 5) is 21.0. The molecule has 1 fully saturated rings. The predicted molar refractivity (Wildman–Crippen MR) is 36.1 cm³/mol. The van der Waals surface area contributed by atoms with Gasteiger partial charge in [0.05, 0.1) is 0 Å². The van der Waals surface area contributed by atoms with E-state index in [9.17, 15) is 9.59 Å². The lowest BCUT2D eigenvalue weighted by atomic mass is 9.63. The average Bonchev–Trinajstić information content (AvgIpc) is 1.78. The molecule has 1 aliphatic carbocycles. The van der Waals surface area contributed by atoms with Gasteiger partial charge in [-0.25, -0.2) is 0 Å².